The Balaban J connectivity index is 2.39. The third kappa shape index (κ3) is 3.24. The molecule has 1 heterocycles. The fraction of sp³-hybridized carbons (Fsp3) is 0.375. The van der Waals surface area contributed by atoms with Crippen LogP contribution in [-0.2, 0) is 12.5 Å². The first-order chi connectivity index (χ1) is 9.80. The Morgan fingerprint density at radius 3 is 2.43 bits per heavy atom. The molecule has 0 saturated carbocycles. The predicted molar refractivity (Wildman–Crippen MR) is 84.0 cm³/mol. The summed E-state index contributed by atoms with van der Waals surface area (Å²) >= 11 is 0. The number of oxime groups is 1. The Kier molecular flexibility index (Phi) is 4.02. The van der Waals surface area contributed by atoms with Crippen molar-refractivity contribution in [1.82, 2.24) is 9.78 Å². The van der Waals surface area contributed by atoms with E-state index in [9.17, 15) is 4.79 Å². The van der Waals surface area contributed by atoms with Crippen molar-refractivity contribution >= 4 is 5.71 Å². The maximum atomic E-state index is 12.3. The number of aromatic amines is 1. The van der Waals surface area contributed by atoms with Gasteiger partial charge in [-0.25, -0.2) is 0 Å². The summed E-state index contributed by atoms with van der Waals surface area (Å²) in [6, 6.07) is 9.28. The Bertz CT molecular complexity index is 703. The van der Waals surface area contributed by atoms with Crippen molar-refractivity contribution in [3.05, 3.63) is 51.9 Å². The predicted octanol–water partition coefficient (Wildman–Crippen LogP) is 2.81. The fourth-order valence-corrected chi connectivity index (χ4v) is 2.08. The van der Waals surface area contributed by atoms with Gasteiger partial charge >= 0.3 is 0 Å². The van der Waals surface area contributed by atoms with E-state index in [0.29, 0.717) is 17.0 Å². The van der Waals surface area contributed by atoms with Crippen LogP contribution in [0.4, 0.5) is 0 Å². The van der Waals surface area contributed by atoms with E-state index in [2.05, 4.69) is 10.3 Å². The van der Waals surface area contributed by atoms with Crippen LogP contribution in [0.3, 0.4) is 0 Å². The molecule has 0 amide bonds. The minimum absolute atomic E-state index is 0.0992. The zero-order valence-electron chi connectivity index (χ0n) is 13.1. The van der Waals surface area contributed by atoms with E-state index >= 15 is 0 Å². The summed E-state index contributed by atoms with van der Waals surface area (Å²) in [5.74, 6) is 0.640. The third-order valence-corrected chi connectivity index (χ3v) is 3.19. The van der Waals surface area contributed by atoms with Gasteiger partial charge in [0.1, 0.15) is 0 Å². The zero-order valence-corrected chi connectivity index (χ0v) is 13.1. The number of nitrogens with one attached hydrogen (secondary N) is 1. The molecule has 5 heteroatoms. The smallest absolute Gasteiger partial charge is 0.275 e. The van der Waals surface area contributed by atoms with E-state index in [1.54, 1.807) is 14.0 Å². The quantitative estimate of drug-likeness (QED) is 0.697. The number of nitrogens with zero attached hydrogens (tertiary/aromatic N) is 2. The van der Waals surface area contributed by atoms with Crippen LogP contribution in [-0.4, -0.2) is 15.5 Å². The average molecular weight is 287 g/mol. The molecule has 0 bridgehead atoms. The van der Waals surface area contributed by atoms with Crippen molar-refractivity contribution in [3.63, 3.8) is 0 Å². The van der Waals surface area contributed by atoms with Crippen LogP contribution < -0.4 is 10.4 Å². The molecule has 0 spiro atoms. The molecule has 5 nitrogen and oxygen atoms in total. The molecule has 0 aliphatic rings. The van der Waals surface area contributed by atoms with E-state index in [4.69, 9.17) is 4.84 Å². The highest BCUT2D eigenvalue weighted by atomic mass is 16.6. The SMILES string of the molecule is C/C(=N/Oc1ccccc1)c1c(C(C)(C)C)[nH]n(C)c1=O. The van der Waals surface area contributed by atoms with Gasteiger partial charge in [0, 0.05) is 12.5 Å². The minimum atomic E-state index is -0.181. The molecule has 0 unspecified atom stereocenters. The monoisotopic (exact) mass is 287 g/mol. The molecule has 0 fully saturated rings. The molecule has 0 aliphatic heterocycles. The van der Waals surface area contributed by atoms with Gasteiger partial charge in [-0.2, -0.15) is 0 Å². The molecular weight excluding hydrogens is 266 g/mol. The van der Waals surface area contributed by atoms with Gasteiger partial charge in [0.15, 0.2) is 5.75 Å². The minimum Gasteiger partial charge on any atom is -0.357 e. The largest absolute Gasteiger partial charge is 0.357 e. The number of rotatable bonds is 3. The van der Waals surface area contributed by atoms with E-state index in [1.807, 2.05) is 51.1 Å². The van der Waals surface area contributed by atoms with E-state index < -0.39 is 0 Å². The topological polar surface area (TPSA) is 59.4 Å². The maximum absolute atomic E-state index is 12.3. The second-order valence-corrected chi connectivity index (χ2v) is 6.06. The van der Waals surface area contributed by atoms with Gasteiger partial charge in [0.2, 0.25) is 0 Å². The number of benzene rings is 1. The highest BCUT2D eigenvalue weighted by Gasteiger charge is 2.25. The molecule has 112 valence electrons. The zero-order chi connectivity index (χ0) is 15.6. The summed E-state index contributed by atoms with van der Waals surface area (Å²) in [6.45, 7) is 7.93. The van der Waals surface area contributed by atoms with Gasteiger partial charge in [0.25, 0.3) is 5.56 Å². The second kappa shape index (κ2) is 5.60. The number of hydrogen-bond acceptors (Lipinski definition) is 3. The molecule has 1 aromatic carbocycles. The highest BCUT2D eigenvalue weighted by Crippen LogP contribution is 2.22. The number of aromatic nitrogens is 2. The third-order valence-electron chi connectivity index (χ3n) is 3.19. The molecule has 21 heavy (non-hydrogen) atoms. The van der Waals surface area contributed by atoms with Crippen molar-refractivity contribution in [3.8, 4) is 5.75 Å². The molecule has 0 aliphatic carbocycles. The van der Waals surface area contributed by atoms with E-state index in [1.165, 1.54) is 4.68 Å². The van der Waals surface area contributed by atoms with Gasteiger partial charge in [-0.1, -0.05) is 44.1 Å². The number of aryl methyl sites for hydroxylation is 1. The number of para-hydroxylation sites is 1. The van der Waals surface area contributed by atoms with Gasteiger partial charge in [-0.05, 0) is 19.1 Å². The maximum Gasteiger partial charge on any atom is 0.275 e. The molecule has 0 radical (unpaired) electrons. The van der Waals surface area contributed by atoms with Crippen LogP contribution in [0, 0.1) is 0 Å². The molecule has 1 N–H and O–H groups in total. The molecule has 2 aromatic rings. The Hall–Kier alpha value is -2.30. The lowest BCUT2D eigenvalue weighted by Crippen LogP contribution is -2.21. The molecule has 2 rings (SSSR count). The lowest BCUT2D eigenvalue weighted by molar-refractivity contribution is 0.341. The van der Waals surface area contributed by atoms with Crippen molar-refractivity contribution in [2.75, 3.05) is 0 Å². The molecular formula is C16H21N3O2. The normalized spacial score (nSPS) is 12.5. The van der Waals surface area contributed by atoms with Crippen LogP contribution in [0.5, 0.6) is 5.75 Å². The fourth-order valence-electron chi connectivity index (χ4n) is 2.08. The van der Waals surface area contributed by atoms with Crippen molar-refractivity contribution in [2.45, 2.75) is 33.1 Å². The summed E-state index contributed by atoms with van der Waals surface area (Å²) in [7, 11) is 1.70. The Labute approximate surface area is 124 Å². The van der Waals surface area contributed by atoms with Gasteiger partial charge < -0.3 is 4.84 Å². The Morgan fingerprint density at radius 2 is 1.86 bits per heavy atom. The van der Waals surface area contributed by atoms with E-state index in [-0.39, 0.29) is 11.0 Å². The lowest BCUT2D eigenvalue weighted by Gasteiger charge is -2.17. The number of hydrogen-bond donors (Lipinski definition) is 1. The van der Waals surface area contributed by atoms with Crippen LogP contribution in [0.2, 0.25) is 0 Å². The summed E-state index contributed by atoms with van der Waals surface area (Å²) < 4.78 is 1.47. The Morgan fingerprint density at radius 1 is 1.24 bits per heavy atom. The van der Waals surface area contributed by atoms with Crippen LogP contribution in [0.1, 0.15) is 39.0 Å². The summed E-state index contributed by atoms with van der Waals surface area (Å²) in [6.07, 6.45) is 0. The molecule has 1 aromatic heterocycles. The first kappa shape index (κ1) is 15.1. The van der Waals surface area contributed by atoms with Crippen LogP contribution in [0.15, 0.2) is 40.3 Å². The first-order valence-corrected chi connectivity index (χ1v) is 6.87. The summed E-state index contributed by atoms with van der Waals surface area (Å²) in [5.41, 5.74) is 1.71. The first-order valence-electron chi connectivity index (χ1n) is 6.87. The number of H-pyrrole nitrogens is 1. The van der Waals surface area contributed by atoms with Crippen LogP contribution >= 0.6 is 0 Å². The highest BCUT2D eigenvalue weighted by molar-refractivity contribution is 5.99. The average Bonchev–Trinajstić information content (AvgIpc) is 2.74. The summed E-state index contributed by atoms with van der Waals surface area (Å²) in [5, 5.41) is 7.20. The van der Waals surface area contributed by atoms with Crippen molar-refractivity contribution in [1.29, 1.82) is 0 Å². The molecule has 0 atom stereocenters. The van der Waals surface area contributed by atoms with Gasteiger partial charge in [0.05, 0.1) is 17.0 Å². The van der Waals surface area contributed by atoms with E-state index in [0.717, 1.165) is 5.69 Å². The van der Waals surface area contributed by atoms with Crippen molar-refractivity contribution in [2.24, 2.45) is 12.2 Å². The van der Waals surface area contributed by atoms with Crippen LogP contribution in [0.25, 0.3) is 0 Å². The lowest BCUT2D eigenvalue weighted by atomic mass is 9.88. The molecule has 0 saturated heterocycles. The van der Waals surface area contributed by atoms with Gasteiger partial charge in [-0.15, -0.1) is 0 Å². The van der Waals surface area contributed by atoms with Crippen molar-refractivity contribution < 1.29 is 4.84 Å². The second-order valence-electron chi connectivity index (χ2n) is 6.06. The van der Waals surface area contributed by atoms with Gasteiger partial charge in [-0.3, -0.25) is 14.6 Å². The standard InChI is InChI=1S/C16H21N3O2/c1-11(18-21-12-9-7-6-8-10-12)13-14(16(2,3)4)17-19(5)15(13)20/h6-10,17H,1-5H3/b18-11-. The summed E-state index contributed by atoms with van der Waals surface area (Å²) in [4.78, 5) is 17.7.